The van der Waals surface area contributed by atoms with Gasteiger partial charge in [-0.05, 0) is 31.3 Å². The molecule has 0 atom stereocenters. The Labute approximate surface area is 123 Å². The van der Waals surface area contributed by atoms with Crippen LogP contribution in [-0.2, 0) is 20.0 Å². The first-order chi connectivity index (χ1) is 9.74. The monoisotopic (exact) mass is 340 g/mol. The van der Waals surface area contributed by atoms with E-state index in [1.165, 1.54) is 31.3 Å². The third-order valence-electron chi connectivity index (χ3n) is 2.44. The minimum absolute atomic E-state index is 0.125. The summed E-state index contributed by atoms with van der Waals surface area (Å²) in [5.41, 5.74) is 0. The maximum absolute atomic E-state index is 12.6. The topological polar surface area (TPSA) is 102 Å². The summed E-state index contributed by atoms with van der Waals surface area (Å²) >= 11 is 0. The van der Waals surface area contributed by atoms with Crippen LogP contribution in [0.25, 0.3) is 0 Å². The number of hydrogen-bond donors (Lipinski definition) is 2. The van der Waals surface area contributed by atoms with Crippen molar-refractivity contribution < 1.29 is 26.0 Å². The largest absolute Gasteiger partial charge is 0.492 e. The number of halogens is 1. The minimum Gasteiger partial charge on any atom is -0.492 e. The van der Waals surface area contributed by atoms with Gasteiger partial charge in [-0.15, -0.1) is 0 Å². The summed E-state index contributed by atoms with van der Waals surface area (Å²) in [6, 6.07) is 5.17. The Morgan fingerprint density at radius 3 is 2.24 bits per heavy atom. The van der Waals surface area contributed by atoms with E-state index in [1.807, 2.05) is 0 Å². The van der Waals surface area contributed by atoms with Gasteiger partial charge in [-0.3, -0.25) is 0 Å². The standard InChI is InChI=1S/C11H17FN2O5S2/c1-13-20(15,16)8-6-14-21(17,18)9-7-19-11-4-2-10(12)3-5-11/h2-5,13-14H,6-9H2,1H3. The molecule has 10 heteroatoms. The molecule has 7 nitrogen and oxygen atoms in total. The van der Waals surface area contributed by atoms with E-state index in [9.17, 15) is 21.2 Å². The lowest BCUT2D eigenvalue weighted by Gasteiger charge is -2.08. The summed E-state index contributed by atoms with van der Waals surface area (Å²) in [5.74, 6) is -0.738. The van der Waals surface area contributed by atoms with Crippen molar-refractivity contribution >= 4 is 20.0 Å². The number of nitrogens with one attached hydrogen (secondary N) is 2. The van der Waals surface area contributed by atoms with E-state index in [0.717, 1.165) is 0 Å². The van der Waals surface area contributed by atoms with Crippen molar-refractivity contribution in [2.24, 2.45) is 0 Å². The summed E-state index contributed by atoms with van der Waals surface area (Å²) < 4.78 is 67.4. The van der Waals surface area contributed by atoms with Crippen molar-refractivity contribution in [3.63, 3.8) is 0 Å². The van der Waals surface area contributed by atoms with Gasteiger partial charge < -0.3 is 4.74 Å². The van der Waals surface area contributed by atoms with Gasteiger partial charge in [0.25, 0.3) is 0 Å². The fraction of sp³-hybridized carbons (Fsp3) is 0.455. The van der Waals surface area contributed by atoms with Gasteiger partial charge in [0.1, 0.15) is 18.2 Å². The molecule has 0 aliphatic carbocycles. The number of sulfonamides is 2. The van der Waals surface area contributed by atoms with Crippen molar-refractivity contribution in [1.29, 1.82) is 0 Å². The van der Waals surface area contributed by atoms with Crippen LogP contribution in [-0.4, -0.2) is 48.5 Å². The zero-order valence-corrected chi connectivity index (χ0v) is 13.0. The van der Waals surface area contributed by atoms with Crippen LogP contribution in [0.3, 0.4) is 0 Å². The first kappa shape index (κ1) is 17.8. The van der Waals surface area contributed by atoms with Crippen LogP contribution in [0.15, 0.2) is 24.3 Å². The maximum Gasteiger partial charge on any atom is 0.214 e. The summed E-state index contributed by atoms with van der Waals surface area (Å²) in [6.45, 7) is -0.345. The number of benzene rings is 1. The molecule has 1 aromatic rings. The molecule has 1 aromatic carbocycles. The Morgan fingerprint density at radius 1 is 1.05 bits per heavy atom. The zero-order chi connectivity index (χ0) is 15.9. The number of hydrogen-bond acceptors (Lipinski definition) is 5. The third-order valence-corrected chi connectivity index (χ3v) is 5.15. The third kappa shape index (κ3) is 7.37. The Morgan fingerprint density at radius 2 is 1.67 bits per heavy atom. The first-order valence-electron chi connectivity index (χ1n) is 6.01. The second-order valence-electron chi connectivity index (χ2n) is 4.04. The molecule has 0 fully saturated rings. The Kier molecular flexibility index (Phi) is 6.52. The molecule has 0 spiro atoms. The molecule has 2 N–H and O–H groups in total. The summed E-state index contributed by atoms with van der Waals surface area (Å²) in [7, 11) is -5.83. The Balaban J connectivity index is 2.34. The summed E-state index contributed by atoms with van der Waals surface area (Å²) in [5, 5.41) is 0. The normalized spacial score (nSPS) is 12.3. The van der Waals surface area contributed by atoms with Gasteiger partial charge in [0.15, 0.2) is 0 Å². The quantitative estimate of drug-likeness (QED) is 0.641. The average molecular weight is 340 g/mol. The smallest absolute Gasteiger partial charge is 0.214 e. The van der Waals surface area contributed by atoms with Crippen LogP contribution < -0.4 is 14.2 Å². The van der Waals surface area contributed by atoms with Crippen LogP contribution in [0.4, 0.5) is 4.39 Å². The Hall–Kier alpha value is -1.23. The van der Waals surface area contributed by atoms with Crippen LogP contribution in [0, 0.1) is 5.82 Å². The van der Waals surface area contributed by atoms with Gasteiger partial charge in [0, 0.05) is 6.54 Å². The van der Waals surface area contributed by atoms with E-state index in [1.54, 1.807) is 0 Å². The second-order valence-corrected chi connectivity index (χ2v) is 8.01. The molecule has 0 aliphatic rings. The highest BCUT2D eigenvalue weighted by Crippen LogP contribution is 2.10. The van der Waals surface area contributed by atoms with Crippen molar-refractivity contribution in [2.75, 3.05) is 31.7 Å². The molecular weight excluding hydrogens is 323 g/mol. The minimum atomic E-state index is -3.63. The lowest BCUT2D eigenvalue weighted by atomic mass is 10.3. The van der Waals surface area contributed by atoms with E-state index < -0.39 is 25.9 Å². The van der Waals surface area contributed by atoms with E-state index in [0.29, 0.717) is 5.75 Å². The number of ether oxygens (including phenoxy) is 1. The van der Waals surface area contributed by atoms with E-state index in [2.05, 4.69) is 9.44 Å². The molecule has 0 aliphatic heterocycles. The van der Waals surface area contributed by atoms with Crippen LogP contribution >= 0.6 is 0 Å². The first-order valence-corrected chi connectivity index (χ1v) is 9.31. The molecule has 0 heterocycles. The number of rotatable bonds is 9. The SMILES string of the molecule is CNS(=O)(=O)CCNS(=O)(=O)CCOc1ccc(F)cc1. The van der Waals surface area contributed by atoms with Crippen molar-refractivity contribution in [3.05, 3.63) is 30.1 Å². The van der Waals surface area contributed by atoms with Crippen molar-refractivity contribution in [1.82, 2.24) is 9.44 Å². The molecule has 0 amide bonds. The predicted octanol–water partition coefficient (Wildman–Crippen LogP) is -0.327. The van der Waals surface area contributed by atoms with E-state index in [4.69, 9.17) is 4.74 Å². The molecule has 0 saturated carbocycles. The maximum atomic E-state index is 12.6. The fourth-order valence-electron chi connectivity index (χ4n) is 1.31. The average Bonchev–Trinajstić information content (AvgIpc) is 2.40. The van der Waals surface area contributed by atoms with Gasteiger partial charge in [0.2, 0.25) is 20.0 Å². The molecule has 21 heavy (non-hydrogen) atoms. The van der Waals surface area contributed by atoms with Gasteiger partial charge in [-0.25, -0.2) is 30.7 Å². The molecule has 0 aromatic heterocycles. The van der Waals surface area contributed by atoms with Gasteiger partial charge in [-0.1, -0.05) is 0 Å². The zero-order valence-electron chi connectivity index (χ0n) is 11.4. The van der Waals surface area contributed by atoms with Crippen molar-refractivity contribution in [2.45, 2.75) is 0 Å². The molecular formula is C11H17FN2O5S2. The van der Waals surface area contributed by atoms with E-state index >= 15 is 0 Å². The molecule has 0 saturated heterocycles. The van der Waals surface area contributed by atoms with Crippen LogP contribution in [0.1, 0.15) is 0 Å². The van der Waals surface area contributed by atoms with Crippen molar-refractivity contribution in [3.8, 4) is 5.75 Å². The molecule has 0 bridgehead atoms. The molecule has 120 valence electrons. The van der Waals surface area contributed by atoms with Gasteiger partial charge in [0.05, 0.1) is 11.5 Å². The summed E-state index contributed by atoms with van der Waals surface area (Å²) in [4.78, 5) is 0. The van der Waals surface area contributed by atoms with Crippen LogP contribution in [0.5, 0.6) is 5.75 Å². The van der Waals surface area contributed by atoms with E-state index in [-0.39, 0.29) is 24.7 Å². The fourth-order valence-corrected chi connectivity index (χ4v) is 2.87. The summed E-state index contributed by atoms with van der Waals surface area (Å²) in [6.07, 6.45) is 0. The predicted molar refractivity (Wildman–Crippen MR) is 76.5 cm³/mol. The highest BCUT2D eigenvalue weighted by molar-refractivity contribution is 7.90. The van der Waals surface area contributed by atoms with Gasteiger partial charge in [-0.2, -0.15) is 0 Å². The molecule has 0 unspecified atom stereocenters. The van der Waals surface area contributed by atoms with Crippen LogP contribution in [0.2, 0.25) is 0 Å². The lowest BCUT2D eigenvalue weighted by Crippen LogP contribution is -2.35. The second kappa shape index (κ2) is 7.69. The Bertz CT molecular complexity index is 644. The van der Waals surface area contributed by atoms with Gasteiger partial charge >= 0.3 is 0 Å². The highest BCUT2D eigenvalue weighted by Gasteiger charge is 2.13. The molecule has 1 rings (SSSR count). The lowest BCUT2D eigenvalue weighted by molar-refractivity contribution is 0.340. The molecule has 0 radical (unpaired) electrons. The highest BCUT2D eigenvalue weighted by atomic mass is 32.2.